The number of halogens is 2. The number of anilines is 1. The largest absolute Gasteiger partial charge is 0.491 e. The fourth-order valence-corrected chi connectivity index (χ4v) is 3.53. The van der Waals surface area contributed by atoms with Gasteiger partial charge in [-0.2, -0.15) is 10.2 Å². The van der Waals surface area contributed by atoms with Gasteiger partial charge in [0.25, 0.3) is 11.8 Å². The normalized spacial score (nSPS) is 18.4. The van der Waals surface area contributed by atoms with Gasteiger partial charge in [0.15, 0.2) is 11.4 Å². The molecule has 166 valence electrons. The summed E-state index contributed by atoms with van der Waals surface area (Å²) in [6.07, 6.45) is 5.91. The molecule has 9 heteroatoms. The first kappa shape index (κ1) is 21.4. The summed E-state index contributed by atoms with van der Waals surface area (Å²) in [7, 11) is 0. The summed E-state index contributed by atoms with van der Waals surface area (Å²) >= 11 is 0. The summed E-state index contributed by atoms with van der Waals surface area (Å²) in [6.45, 7) is 3.91. The Bertz CT molecular complexity index is 913. The van der Waals surface area contributed by atoms with Crippen molar-refractivity contribution in [2.75, 3.05) is 24.6 Å². The number of hydrogen-bond acceptors (Lipinski definition) is 6. The van der Waals surface area contributed by atoms with Gasteiger partial charge in [0.2, 0.25) is 0 Å². The van der Waals surface area contributed by atoms with E-state index in [4.69, 9.17) is 4.74 Å². The second-order valence-electron chi connectivity index (χ2n) is 8.81. The van der Waals surface area contributed by atoms with Gasteiger partial charge in [-0.05, 0) is 43.2 Å². The van der Waals surface area contributed by atoms with Gasteiger partial charge in [0.05, 0.1) is 43.3 Å². The van der Waals surface area contributed by atoms with Crippen molar-refractivity contribution in [3.63, 3.8) is 0 Å². The Balaban J connectivity index is 1.54. The Kier molecular flexibility index (Phi) is 6.02. The number of carbonyl (C=O) groups is 1. The summed E-state index contributed by atoms with van der Waals surface area (Å²) < 4.78 is 32.5. The third-order valence-electron chi connectivity index (χ3n) is 5.40. The Labute approximate surface area is 180 Å². The van der Waals surface area contributed by atoms with Crippen LogP contribution in [-0.2, 0) is 0 Å². The lowest BCUT2D eigenvalue weighted by Gasteiger charge is -2.40. The molecule has 31 heavy (non-hydrogen) atoms. The molecule has 0 aromatic carbocycles. The molecule has 1 aliphatic carbocycles. The van der Waals surface area contributed by atoms with E-state index in [1.165, 1.54) is 11.1 Å². The maximum Gasteiger partial charge on any atom is 0.282 e. The van der Waals surface area contributed by atoms with Crippen LogP contribution in [0.1, 0.15) is 55.3 Å². The van der Waals surface area contributed by atoms with E-state index in [-0.39, 0.29) is 30.7 Å². The van der Waals surface area contributed by atoms with Crippen molar-refractivity contribution in [3.8, 4) is 5.75 Å². The molecule has 7 nitrogen and oxygen atoms in total. The monoisotopic (exact) mass is 431 g/mol. The highest BCUT2D eigenvalue weighted by Crippen LogP contribution is 2.35. The van der Waals surface area contributed by atoms with E-state index in [0.717, 1.165) is 12.8 Å². The lowest BCUT2D eigenvalue weighted by atomic mass is 10.0. The number of aromatic nitrogens is 3. The number of alkyl halides is 2. The minimum Gasteiger partial charge on any atom is -0.491 e. The van der Waals surface area contributed by atoms with Crippen molar-refractivity contribution in [1.29, 1.82) is 0 Å². The topological polar surface area (TPSA) is 80.2 Å². The van der Waals surface area contributed by atoms with E-state index in [1.807, 2.05) is 6.07 Å². The third-order valence-corrected chi connectivity index (χ3v) is 5.40. The molecule has 0 bridgehead atoms. The van der Waals surface area contributed by atoms with Crippen LogP contribution < -0.4 is 15.0 Å². The van der Waals surface area contributed by atoms with Crippen LogP contribution >= 0.6 is 0 Å². The fraction of sp³-hybridized carbons (Fsp3) is 0.545. The average Bonchev–Trinajstić information content (AvgIpc) is 3.54. The highest BCUT2D eigenvalue weighted by atomic mass is 19.3. The molecule has 1 amide bonds. The molecule has 1 aliphatic heterocycles. The van der Waals surface area contributed by atoms with Crippen molar-refractivity contribution < 1.29 is 18.3 Å². The lowest BCUT2D eigenvalue weighted by molar-refractivity contribution is -0.0263. The number of rotatable bonds is 9. The number of hydrogen-bond donors (Lipinski definition) is 1. The van der Waals surface area contributed by atoms with Crippen LogP contribution in [0.2, 0.25) is 0 Å². The first-order valence-corrected chi connectivity index (χ1v) is 10.6. The third kappa shape index (κ3) is 5.45. The first-order chi connectivity index (χ1) is 14.8. The van der Waals surface area contributed by atoms with Crippen LogP contribution in [0.15, 0.2) is 30.6 Å². The van der Waals surface area contributed by atoms with Gasteiger partial charge >= 0.3 is 0 Å². The molecule has 1 N–H and O–H groups in total. The van der Waals surface area contributed by atoms with Crippen molar-refractivity contribution in [2.24, 2.45) is 11.8 Å². The van der Waals surface area contributed by atoms with Crippen molar-refractivity contribution >= 4 is 11.6 Å². The molecule has 2 aromatic rings. The Morgan fingerprint density at radius 3 is 2.74 bits per heavy atom. The Hall–Kier alpha value is -2.84. The lowest BCUT2D eigenvalue weighted by Crippen LogP contribution is -2.56. The molecule has 2 aliphatic rings. The molecular formula is C22H27F2N5O2. The van der Waals surface area contributed by atoms with Gasteiger partial charge in [0.1, 0.15) is 0 Å². The molecule has 0 spiro atoms. The maximum absolute atomic E-state index is 13.3. The summed E-state index contributed by atoms with van der Waals surface area (Å²) in [4.78, 5) is 18.9. The molecule has 1 unspecified atom stereocenters. The summed E-state index contributed by atoms with van der Waals surface area (Å²) in [6, 6.07) is 4.92. The molecule has 1 saturated carbocycles. The zero-order valence-corrected chi connectivity index (χ0v) is 17.7. The van der Waals surface area contributed by atoms with Crippen LogP contribution in [0.25, 0.3) is 0 Å². The predicted octanol–water partition coefficient (Wildman–Crippen LogP) is 3.63. The van der Waals surface area contributed by atoms with E-state index in [1.54, 1.807) is 18.3 Å². The zero-order chi connectivity index (χ0) is 22.0. The first-order valence-electron chi connectivity index (χ1n) is 10.6. The van der Waals surface area contributed by atoms with Gasteiger partial charge in [-0.1, -0.05) is 13.8 Å². The van der Waals surface area contributed by atoms with E-state index < -0.39 is 5.92 Å². The molecule has 4 rings (SSSR count). The van der Waals surface area contributed by atoms with Crippen molar-refractivity contribution in [2.45, 2.75) is 45.1 Å². The highest BCUT2D eigenvalue weighted by molar-refractivity contribution is 5.95. The van der Waals surface area contributed by atoms with E-state index in [9.17, 15) is 13.6 Å². The van der Waals surface area contributed by atoms with Crippen molar-refractivity contribution in [3.05, 3.63) is 42.0 Å². The number of ether oxygens (including phenoxy) is 1. The number of nitrogens with one attached hydrogen (secondary N) is 1. The Morgan fingerprint density at radius 2 is 2.13 bits per heavy atom. The molecule has 1 atom stereocenters. The molecular weight excluding hydrogens is 404 g/mol. The van der Waals surface area contributed by atoms with E-state index in [2.05, 4.69) is 34.3 Å². The summed E-state index contributed by atoms with van der Waals surface area (Å²) in [5.41, 5.74) is 1.35. The summed E-state index contributed by atoms with van der Waals surface area (Å²) in [5.74, 6) is -1.96. The number of carbonyl (C=O) groups excluding carboxylic acids is 1. The van der Waals surface area contributed by atoms with Crippen LogP contribution in [-0.4, -0.2) is 46.7 Å². The quantitative estimate of drug-likeness (QED) is 0.653. The second-order valence-corrected chi connectivity index (χ2v) is 8.81. The van der Waals surface area contributed by atoms with E-state index in [0.29, 0.717) is 42.0 Å². The highest BCUT2D eigenvalue weighted by Gasteiger charge is 2.44. The van der Waals surface area contributed by atoms with Crippen LogP contribution in [0.3, 0.4) is 0 Å². The van der Waals surface area contributed by atoms with Gasteiger partial charge in [-0.15, -0.1) is 0 Å². The fourth-order valence-electron chi connectivity index (χ4n) is 3.53. The van der Waals surface area contributed by atoms with Gasteiger partial charge in [-0.25, -0.2) is 13.8 Å². The van der Waals surface area contributed by atoms with Gasteiger partial charge in [0, 0.05) is 12.3 Å². The molecule has 0 radical (unpaired) electrons. The molecule has 2 aromatic heterocycles. The second kappa shape index (κ2) is 8.72. The minimum atomic E-state index is -2.69. The van der Waals surface area contributed by atoms with Gasteiger partial charge in [-0.3, -0.25) is 4.79 Å². The maximum atomic E-state index is 13.3. The Morgan fingerprint density at radius 1 is 1.35 bits per heavy atom. The molecule has 2 fully saturated rings. The van der Waals surface area contributed by atoms with Crippen LogP contribution in [0.5, 0.6) is 5.75 Å². The average molecular weight is 431 g/mol. The number of nitrogens with zero attached hydrogens (tertiary/aromatic N) is 4. The van der Waals surface area contributed by atoms with Crippen LogP contribution in [0, 0.1) is 11.8 Å². The SMILES string of the molecule is CC(C)CC(NC(=O)c1ncc(N2CC(F)(F)C2)cc1OCC1CC1)c1cccnn1. The van der Waals surface area contributed by atoms with Gasteiger partial charge < -0.3 is 15.0 Å². The van der Waals surface area contributed by atoms with Crippen molar-refractivity contribution in [1.82, 2.24) is 20.5 Å². The molecule has 1 saturated heterocycles. The molecule has 3 heterocycles. The minimum absolute atomic E-state index is 0.148. The van der Waals surface area contributed by atoms with E-state index >= 15 is 0 Å². The zero-order valence-electron chi connectivity index (χ0n) is 17.7. The summed E-state index contributed by atoms with van der Waals surface area (Å²) in [5, 5.41) is 11.1. The number of pyridine rings is 1. The number of amides is 1. The van der Waals surface area contributed by atoms with Crippen LogP contribution in [0.4, 0.5) is 14.5 Å². The standard InChI is InChI=1S/C22H27F2N5O2/c1-14(2)8-18(17-4-3-7-26-28-17)27-21(30)20-19(31-11-15-5-6-15)9-16(10-25-20)29-12-22(23,24)13-29/h3-4,7,9-10,14-15,18H,5-6,8,11-13H2,1-2H3,(H,27,30). The predicted molar refractivity (Wildman–Crippen MR) is 111 cm³/mol. The smallest absolute Gasteiger partial charge is 0.282 e.